The van der Waals surface area contributed by atoms with Crippen LogP contribution in [0.25, 0.3) is 0 Å². The lowest BCUT2D eigenvalue weighted by atomic mass is 10.0. The van der Waals surface area contributed by atoms with Crippen LogP contribution in [-0.4, -0.2) is 52.0 Å². The second kappa shape index (κ2) is 5.69. The summed E-state index contributed by atoms with van der Waals surface area (Å²) in [5.74, 6) is -0.715. The van der Waals surface area contributed by atoms with Crippen molar-refractivity contribution in [2.45, 2.75) is 38.3 Å². The normalized spacial score (nSPS) is 19.2. The van der Waals surface area contributed by atoms with Crippen LogP contribution in [0.2, 0.25) is 0 Å². The molecule has 0 rings (SSSR count). The summed E-state index contributed by atoms with van der Waals surface area (Å²) in [6.07, 6.45) is -5.70. The summed E-state index contributed by atoms with van der Waals surface area (Å²) in [5.41, 5.74) is 0. The molecule has 0 fully saturated rings. The van der Waals surface area contributed by atoms with Crippen molar-refractivity contribution >= 4 is 12.3 Å². The molecule has 3 N–H and O–H groups in total. The Morgan fingerprint density at radius 3 is 2.14 bits per heavy atom. The quantitative estimate of drug-likeness (QED) is 0.363. The molecule has 0 aromatic rings. The van der Waals surface area contributed by atoms with Crippen LogP contribution >= 0.6 is 0 Å². The van der Waals surface area contributed by atoms with Gasteiger partial charge in [0.15, 0.2) is 12.4 Å². The number of carbonyl (C=O) groups is 2. The number of aldehydes is 1. The summed E-state index contributed by atoms with van der Waals surface area (Å²) in [4.78, 5) is 20.7. The second-order valence-corrected chi connectivity index (χ2v) is 2.93. The Morgan fingerprint density at radius 2 is 1.86 bits per heavy atom. The van der Waals surface area contributed by atoms with Gasteiger partial charge in [-0.1, -0.05) is 0 Å². The van der Waals surface area contributed by atoms with Crippen LogP contribution < -0.4 is 0 Å². The molecule has 0 radical (unpaired) electrons. The first-order valence-electron chi connectivity index (χ1n) is 4.06. The van der Waals surface area contributed by atoms with E-state index in [-0.39, 0.29) is 6.29 Å². The highest BCUT2D eigenvalue weighted by atomic mass is 16.6. The van der Waals surface area contributed by atoms with E-state index in [0.717, 1.165) is 6.92 Å². The van der Waals surface area contributed by atoms with Gasteiger partial charge in [-0.25, -0.2) is 0 Å². The molecule has 6 nitrogen and oxygen atoms in total. The molecule has 0 aliphatic heterocycles. The average Bonchev–Trinajstić information content (AvgIpc) is 2.11. The molecule has 0 heterocycles. The summed E-state index contributed by atoms with van der Waals surface area (Å²) < 4.78 is 4.54. The molecule has 0 aromatic heterocycles. The van der Waals surface area contributed by atoms with Crippen LogP contribution in [-0.2, 0) is 14.3 Å². The van der Waals surface area contributed by atoms with Gasteiger partial charge in [0.2, 0.25) is 0 Å². The fraction of sp³-hybridized carbons (Fsp3) is 0.750. The van der Waals surface area contributed by atoms with Crippen LogP contribution in [0.15, 0.2) is 0 Å². The number of hydrogen-bond donors (Lipinski definition) is 3. The van der Waals surface area contributed by atoms with Gasteiger partial charge in [0, 0.05) is 6.92 Å². The van der Waals surface area contributed by atoms with Crippen molar-refractivity contribution in [2.75, 3.05) is 0 Å². The van der Waals surface area contributed by atoms with Gasteiger partial charge in [0.1, 0.15) is 12.2 Å². The smallest absolute Gasteiger partial charge is 0.303 e. The molecule has 0 aliphatic carbocycles. The Hall–Kier alpha value is -0.980. The van der Waals surface area contributed by atoms with Gasteiger partial charge in [-0.2, -0.15) is 0 Å². The summed E-state index contributed by atoms with van der Waals surface area (Å²) >= 11 is 0. The van der Waals surface area contributed by atoms with E-state index in [1.165, 1.54) is 6.92 Å². The lowest BCUT2D eigenvalue weighted by molar-refractivity contribution is -0.169. The highest BCUT2D eigenvalue weighted by Crippen LogP contribution is 2.08. The molecule has 0 saturated heterocycles. The zero-order valence-corrected chi connectivity index (χ0v) is 7.95. The van der Waals surface area contributed by atoms with Gasteiger partial charge in [0.25, 0.3) is 0 Å². The van der Waals surface area contributed by atoms with Gasteiger partial charge >= 0.3 is 5.97 Å². The van der Waals surface area contributed by atoms with E-state index < -0.39 is 30.4 Å². The number of esters is 1. The Morgan fingerprint density at radius 1 is 1.36 bits per heavy atom. The largest absolute Gasteiger partial charge is 0.457 e. The number of aliphatic hydroxyl groups is 3. The van der Waals surface area contributed by atoms with E-state index in [1.807, 2.05) is 0 Å². The SMILES string of the molecule is CC(=O)O[C@@H]([C@@H](O)[C@H](O)C=O)[C@H](C)O. The monoisotopic (exact) mass is 206 g/mol. The highest BCUT2D eigenvalue weighted by Gasteiger charge is 2.32. The van der Waals surface area contributed by atoms with Gasteiger partial charge < -0.3 is 24.9 Å². The Bertz CT molecular complexity index is 202. The zero-order chi connectivity index (χ0) is 11.3. The van der Waals surface area contributed by atoms with E-state index in [1.54, 1.807) is 0 Å². The molecule has 82 valence electrons. The van der Waals surface area contributed by atoms with Crippen molar-refractivity contribution < 1.29 is 29.6 Å². The number of aliphatic hydroxyl groups excluding tert-OH is 3. The highest BCUT2D eigenvalue weighted by molar-refractivity contribution is 5.66. The first-order chi connectivity index (χ1) is 6.40. The van der Waals surface area contributed by atoms with E-state index in [2.05, 4.69) is 4.74 Å². The Balaban J connectivity index is 4.47. The van der Waals surface area contributed by atoms with E-state index in [0.29, 0.717) is 0 Å². The maximum Gasteiger partial charge on any atom is 0.303 e. The van der Waals surface area contributed by atoms with Crippen LogP contribution in [0, 0.1) is 0 Å². The Labute approximate surface area is 81.1 Å². The topological polar surface area (TPSA) is 104 Å². The number of rotatable bonds is 5. The molecular weight excluding hydrogens is 192 g/mol. The van der Waals surface area contributed by atoms with Gasteiger partial charge in [0.05, 0.1) is 6.10 Å². The van der Waals surface area contributed by atoms with Crippen molar-refractivity contribution in [3.63, 3.8) is 0 Å². The van der Waals surface area contributed by atoms with Crippen molar-refractivity contribution in [1.82, 2.24) is 0 Å². The minimum absolute atomic E-state index is 0.101. The summed E-state index contributed by atoms with van der Waals surface area (Å²) in [5, 5.41) is 27.3. The second-order valence-electron chi connectivity index (χ2n) is 2.93. The van der Waals surface area contributed by atoms with Gasteiger partial charge in [-0.05, 0) is 6.92 Å². The third-order valence-electron chi connectivity index (χ3n) is 1.60. The summed E-state index contributed by atoms with van der Waals surface area (Å²) in [7, 11) is 0. The third-order valence-corrected chi connectivity index (χ3v) is 1.60. The third kappa shape index (κ3) is 3.82. The molecule has 0 amide bonds. The maximum absolute atomic E-state index is 10.6. The number of carbonyl (C=O) groups excluding carboxylic acids is 2. The first-order valence-corrected chi connectivity index (χ1v) is 4.06. The van der Waals surface area contributed by atoms with Crippen molar-refractivity contribution in [2.24, 2.45) is 0 Å². The van der Waals surface area contributed by atoms with Crippen molar-refractivity contribution in [3.05, 3.63) is 0 Å². The minimum Gasteiger partial charge on any atom is -0.457 e. The van der Waals surface area contributed by atoms with Crippen molar-refractivity contribution in [1.29, 1.82) is 0 Å². The number of ether oxygens (including phenoxy) is 1. The predicted octanol–water partition coefficient (Wildman–Crippen LogP) is -1.78. The van der Waals surface area contributed by atoms with Gasteiger partial charge in [-0.3, -0.25) is 4.79 Å². The molecule has 0 spiro atoms. The first kappa shape index (κ1) is 13.0. The fourth-order valence-electron chi connectivity index (χ4n) is 0.920. The number of hydrogen-bond acceptors (Lipinski definition) is 6. The molecule has 0 saturated carbocycles. The molecule has 0 aliphatic rings. The van der Waals surface area contributed by atoms with Crippen LogP contribution in [0.1, 0.15) is 13.8 Å². The zero-order valence-electron chi connectivity index (χ0n) is 7.95. The predicted molar refractivity (Wildman–Crippen MR) is 45.3 cm³/mol. The van der Waals surface area contributed by atoms with E-state index >= 15 is 0 Å². The van der Waals surface area contributed by atoms with Crippen LogP contribution in [0.4, 0.5) is 0 Å². The van der Waals surface area contributed by atoms with Gasteiger partial charge in [-0.15, -0.1) is 0 Å². The molecule has 0 aromatic carbocycles. The van der Waals surface area contributed by atoms with Crippen LogP contribution in [0.3, 0.4) is 0 Å². The van der Waals surface area contributed by atoms with Crippen molar-refractivity contribution in [3.8, 4) is 0 Å². The fourth-order valence-corrected chi connectivity index (χ4v) is 0.920. The standard InChI is InChI=1S/C8H14O6/c1-4(10)8(14-5(2)11)7(13)6(12)3-9/h3-4,6-8,10,12-13H,1-2H3/t4-,6+,7-,8+/m0/s1. The van der Waals surface area contributed by atoms with E-state index in [9.17, 15) is 14.7 Å². The molecule has 0 bridgehead atoms. The van der Waals surface area contributed by atoms with E-state index in [4.69, 9.17) is 10.2 Å². The maximum atomic E-state index is 10.6. The summed E-state index contributed by atoms with van der Waals surface area (Å²) in [6, 6.07) is 0. The molecule has 6 heteroatoms. The summed E-state index contributed by atoms with van der Waals surface area (Å²) in [6.45, 7) is 2.36. The molecule has 4 atom stereocenters. The lowest BCUT2D eigenvalue weighted by Gasteiger charge is -2.25. The Kier molecular flexibility index (Phi) is 5.29. The molecule has 0 unspecified atom stereocenters. The average molecular weight is 206 g/mol. The van der Waals surface area contributed by atoms with Crippen LogP contribution in [0.5, 0.6) is 0 Å². The molecule has 14 heavy (non-hydrogen) atoms. The molecular formula is C8H14O6. The minimum atomic E-state index is -1.69. The lowest BCUT2D eigenvalue weighted by Crippen LogP contribution is -2.46.